The van der Waals surface area contributed by atoms with Crippen LogP contribution in [0.1, 0.15) is 40.8 Å². The quantitative estimate of drug-likeness (QED) is 0.814. The molecule has 1 aromatic rings. The van der Waals surface area contributed by atoms with Crippen LogP contribution in [0.25, 0.3) is 0 Å². The number of hydrogen-bond acceptors (Lipinski definition) is 4. The Morgan fingerprint density at radius 3 is 2.88 bits per heavy atom. The van der Waals surface area contributed by atoms with Gasteiger partial charge in [-0.25, -0.2) is 14.8 Å². The van der Waals surface area contributed by atoms with Crippen molar-refractivity contribution in [2.45, 2.75) is 25.8 Å². The van der Waals surface area contributed by atoms with Crippen LogP contribution in [0.2, 0.25) is 0 Å². The van der Waals surface area contributed by atoms with Gasteiger partial charge in [-0.15, -0.1) is 0 Å². The summed E-state index contributed by atoms with van der Waals surface area (Å²) in [5.41, 5.74) is 0.724. The van der Waals surface area contributed by atoms with Crippen molar-refractivity contribution in [1.82, 2.24) is 14.9 Å². The van der Waals surface area contributed by atoms with Crippen LogP contribution in [0.5, 0.6) is 0 Å². The molecular weight excluding hydrogens is 206 g/mol. The zero-order valence-electron chi connectivity index (χ0n) is 9.47. The van der Waals surface area contributed by atoms with Crippen molar-refractivity contribution in [2.24, 2.45) is 0 Å². The zero-order valence-corrected chi connectivity index (χ0v) is 9.47. The first kappa shape index (κ1) is 11.0. The van der Waals surface area contributed by atoms with Crippen molar-refractivity contribution in [3.8, 4) is 0 Å². The number of aryl methyl sites for hydroxylation is 1. The lowest BCUT2D eigenvalue weighted by atomic mass is 10.2. The maximum Gasteiger partial charge on any atom is 0.339 e. The first-order valence-electron chi connectivity index (χ1n) is 5.36. The fraction of sp³-hybridized carbons (Fsp3) is 0.545. The lowest BCUT2D eigenvalue weighted by Gasteiger charge is -2.18. The summed E-state index contributed by atoms with van der Waals surface area (Å²) in [5, 5.41) is 8.88. The highest BCUT2D eigenvalue weighted by Crippen LogP contribution is 2.27. The van der Waals surface area contributed by atoms with Crippen LogP contribution in [0.15, 0.2) is 6.20 Å². The van der Waals surface area contributed by atoms with Crippen LogP contribution >= 0.6 is 0 Å². The van der Waals surface area contributed by atoms with Gasteiger partial charge in [-0.2, -0.15) is 0 Å². The third-order valence-corrected chi connectivity index (χ3v) is 3.05. The third kappa shape index (κ3) is 1.90. The summed E-state index contributed by atoms with van der Waals surface area (Å²) in [6, 6.07) is 0.238. The number of carbonyl (C=O) groups is 1. The molecule has 1 N–H and O–H groups in total. The number of nitrogens with zero attached hydrogens (tertiary/aromatic N) is 3. The molecule has 1 aliphatic heterocycles. The minimum Gasteiger partial charge on any atom is -0.478 e. The van der Waals surface area contributed by atoms with Gasteiger partial charge < -0.3 is 5.11 Å². The Bertz CT molecular complexity index is 420. The van der Waals surface area contributed by atoms with E-state index < -0.39 is 5.97 Å². The molecule has 0 aromatic carbocycles. The summed E-state index contributed by atoms with van der Waals surface area (Å²) >= 11 is 0. The highest BCUT2D eigenvalue weighted by atomic mass is 16.4. The molecule has 0 aliphatic carbocycles. The molecule has 0 radical (unpaired) electrons. The molecule has 1 aromatic heterocycles. The number of hydrogen-bond donors (Lipinski definition) is 1. The van der Waals surface area contributed by atoms with Gasteiger partial charge in [0, 0.05) is 6.20 Å². The van der Waals surface area contributed by atoms with Crippen molar-refractivity contribution in [2.75, 3.05) is 13.6 Å². The zero-order chi connectivity index (χ0) is 11.7. The molecule has 2 rings (SSSR count). The number of carboxylic acids is 1. The summed E-state index contributed by atoms with van der Waals surface area (Å²) in [6.07, 6.45) is 3.60. The van der Waals surface area contributed by atoms with Crippen molar-refractivity contribution in [3.63, 3.8) is 0 Å². The second-order valence-corrected chi connectivity index (χ2v) is 4.17. The summed E-state index contributed by atoms with van der Waals surface area (Å²) in [4.78, 5) is 21.5. The predicted molar refractivity (Wildman–Crippen MR) is 58.3 cm³/mol. The molecule has 0 bridgehead atoms. The van der Waals surface area contributed by atoms with Gasteiger partial charge in [0.05, 0.1) is 17.3 Å². The molecule has 1 fully saturated rings. The van der Waals surface area contributed by atoms with Gasteiger partial charge in [0.15, 0.2) is 0 Å². The van der Waals surface area contributed by atoms with Crippen LogP contribution in [-0.4, -0.2) is 39.5 Å². The van der Waals surface area contributed by atoms with Crippen LogP contribution in [0.4, 0.5) is 0 Å². The van der Waals surface area contributed by atoms with E-state index in [0.717, 1.165) is 25.2 Å². The standard InChI is InChI=1S/C11H15N3O2/c1-7-8(11(15)16)6-12-10(13-7)9-4-3-5-14(9)2/h6,9H,3-5H2,1-2H3,(H,15,16). The van der Waals surface area contributed by atoms with Gasteiger partial charge in [-0.3, -0.25) is 4.90 Å². The predicted octanol–water partition coefficient (Wildman–Crippen LogP) is 1.25. The Kier molecular flexibility index (Phi) is 2.87. The van der Waals surface area contributed by atoms with Crippen molar-refractivity contribution in [3.05, 3.63) is 23.3 Å². The molecule has 1 unspecified atom stereocenters. The average Bonchev–Trinajstić information content (AvgIpc) is 2.63. The summed E-state index contributed by atoms with van der Waals surface area (Å²) in [7, 11) is 2.04. The molecule has 1 saturated heterocycles. The summed E-state index contributed by atoms with van der Waals surface area (Å²) in [5.74, 6) is -0.230. The van der Waals surface area contributed by atoms with E-state index in [4.69, 9.17) is 5.11 Å². The third-order valence-electron chi connectivity index (χ3n) is 3.05. The first-order chi connectivity index (χ1) is 7.59. The molecule has 5 heteroatoms. The van der Waals surface area contributed by atoms with E-state index in [0.29, 0.717) is 5.69 Å². The minimum atomic E-state index is -0.969. The van der Waals surface area contributed by atoms with Crippen LogP contribution in [-0.2, 0) is 0 Å². The van der Waals surface area contributed by atoms with E-state index in [9.17, 15) is 4.79 Å². The van der Waals surface area contributed by atoms with Crippen molar-refractivity contribution < 1.29 is 9.90 Å². The van der Waals surface area contributed by atoms with E-state index >= 15 is 0 Å². The number of aromatic nitrogens is 2. The summed E-state index contributed by atoms with van der Waals surface area (Å²) < 4.78 is 0. The number of rotatable bonds is 2. The van der Waals surface area contributed by atoms with E-state index in [1.807, 2.05) is 7.05 Å². The van der Waals surface area contributed by atoms with Gasteiger partial charge >= 0.3 is 5.97 Å². The van der Waals surface area contributed by atoms with E-state index in [-0.39, 0.29) is 11.6 Å². The molecule has 0 amide bonds. The Labute approximate surface area is 94.1 Å². The van der Waals surface area contributed by atoms with E-state index in [2.05, 4.69) is 14.9 Å². The van der Waals surface area contributed by atoms with Crippen LogP contribution in [0.3, 0.4) is 0 Å². The monoisotopic (exact) mass is 221 g/mol. The molecule has 1 atom stereocenters. The smallest absolute Gasteiger partial charge is 0.339 e. The number of likely N-dealkylation sites (tertiary alicyclic amines) is 1. The molecule has 5 nitrogen and oxygen atoms in total. The van der Waals surface area contributed by atoms with E-state index in [1.165, 1.54) is 6.20 Å². The molecule has 0 saturated carbocycles. The lowest BCUT2D eigenvalue weighted by molar-refractivity contribution is 0.0695. The van der Waals surface area contributed by atoms with Gasteiger partial charge in [-0.1, -0.05) is 0 Å². The highest BCUT2D eigenvalue weighted by Gasteiger charge is 2.25. The Balaban J connectivity index is 2.30. The molecule has 2 heterocycles. The number of carboxylic acid groups (broad SMARTS) is 1. The molecule has 86 valence electrons. The Morgan fingerprint density at radius 1 is 1.62 bits per heavy atom. The second-order valence-electron chi connectivity index (χ2n) is 4.17. The molecular formula is C11H15N3O2. The normalized spacial score (nSPS) is 21.2. The maximum absolute atomic E-state index is 10.8. The van der Waals surface area contributed by atoms with Gasteiger partial charge in [0.25, 0.3) is 0 Å². The lowest BCUT2D eigenvalue weighted by Crippen LogP contribution is -2.20. The summed E-state index contributed by atoms with van der Waals surface area (Å²) in [6.45, 7) is 2.76. The van der Waals surface area contributed by atoms with Crippen molar-refractivity contribution >= 4 is 5.97 Å². The maximum atomic E-state index is 10.8. The first-order valence-corrected chi connectivity index (χ1v) is 5.36. The van der Waals surface area contributed by atoms with Crippen molar-refractivity contribution in [1.29, 1.82) is 0 Å². The van der Waals surface area contributed by atoms with Crippen LogP contribution in [0, 0.1) is 6.92 Å². The van der Waals surface area contributed by atoms with E-state index in [1.54, 1.807) is 6.92 Å². The SMILES string of the molecule is Cc1nc(C2CCCN2C)ncc1C(=O)O. The molecule has 16 heavy (non-hydrogen) atoms. The Hall–Kier alpha value is -1.49. The minimum absolute atomic E-state index is 0.185. The molecule has 0 spiro atoms. The fourth-order valence-electron chi connectivity index (χ4n) is 2.09. The fourth-order valence-corrected chi connectivity index (χ4v) is 2.09. The van der Waals surface area contributed by atoms with Gasteiger partial charge in [-0.05, 0) is 33.4 Å². The van der Waals surface area contributed by atoms with Gasteiger partial charge in [0.2, 0.25) is 0 Å². The number of aromatic carboxylic acids is 1. The molecule has 1 aliphatic rings. The average molecular weight is 221 g/mol. The van der Waals surface area contributed by atoms with Crippen LogP contribution < -0.4 is 0 Å². The largest absolute Gasteiger partial charge is 0.478 e. The highest BCUT2D eigenvalue weighted by molar-refractivity contribution is 5.88. The Morgan fingerprint density at radius 2 is 2.38 bits per heavy atom. The topological polar surface area (TPSA) is 66.3 Å². The second kappa shape index (κ2) is 4.17. The van der Waals surface area contributed by atoms with Gasteiger partial charge in [0.1, 0.15) is 5.82 Å².